The average Bonchev–Trinajstić information content (AvgIpc) is 3.00. The van der Waals surface area contributed by atoms with Gasteiger partial charge in [0.15, 0.2) is 0 Å². The van der Waals surface area contributed by atoms with Crippen molar-refractivity contribution in [2.75, 3.05) is 27.7 Å². The minimum atomic E-state index is -0.585. The molecule has 0 aliphatic carbocycles. The standard InChI is InChI=1S/C23H27ClFN3O2/c1-27(2)12-11-20(15-7-9-17(24)10-8-15)26-23(30)19-14-21(29)28(3)22(19)16-5-4-6-18(25)13-16/h4-10,13,19-20,22H,11-12,14H2,1-3H3,(H,26,30). The number of rotatable bonds is 7. The predicted molar refractivity (Wildman–Crippen MR) is 116 cm³/mol. The van der Waals surface area contributed by atoms with Crippen LogP contribution in [0, 0.1) is 11.7 Å². The Balaban J connectivity index is 1.84. The summed E-state index contributed by atoms with van der Waals surface area (Å²) in [6.07, 6.45) is 0.812. The van der Waals surface area contributed by atoms with Crippen molar-refractivity contribution >= 4 is 23.4 Å². The van der Waals surface area contributed by atoms with Crippen molar-refractivity contribution in [2.45, 2.75) is 24.9 Å². The van der Waals surface area contributed by atoms with Crippen molar-refractivity contribution in [1.29, 1.82) is 0 Å². The molecule has 1 aliphatic heterocycles. The molecule has 30 heavy (non-hydrogen) atoms. The summed E-state index contributed by atoms with van der Waals surface area (Å²) in [5.74, 6) is -1.30. The molecule has 0 saturated carbocycles. The molecule has 1 fully saturated rings. The molecule has 3 atom stereocenters. The van der Waals surface area contributed by atoms with Gasteiger partial charge in [-0.05, 0) is 62.5 Å². The number of halogens is 2. The van der Waals surface area contributed by atoms with E-state index in [1.165, 1.54) is 17.0 Å². The second kappa shape index (κ2) is 9.58. The number of nitrogens with one attached hydrogen (secondary N) is 1. The molecule has 3 unspecified atom stereocenters. The predicted octanol–water partition coefficient (Wildman–Crippen LogP) is 3.81. The molecule has 7 heteroatoms. The SMILES string of the molecule is CN(C)CCC(NC(=O)C1CC(=O)N(C)C1c1cccc(F)c1)c1ccc(Cl)cc1. The molecule has 1 heterocycles. The van der Waals surface area contributed by atoms with Gasteiger partial charge in [0.2, 0.25) is 11.8 Å². The first-order valence-corrected chi connectivity index (χ1v) is 10.4. The van der Waals surface area contributed by atoms with Gasteiger partial charge in [0.05, 0.1) is 18.0 Å². The molecule has 0 spiro atoms. The summed E-state index contributed by atoms with van der Waals surface area (Å²) in [6.45, 7) is 0.782. The Morgan fingerprint density at radius 3 is 2.60 bits per heavy atom. The smallest absolute Gasteiger partial charge is 0.226 e. The van der Waals surface area contributed by atoms with Gasteiger partial charge in [-0.2, -0.15) is 0 Å². The molecule has 160 valence electrons. The van der Waals surface area contributed by atoms with Gasteiger partial charge < -0.3 is 15.1 Å². The first kappa shape index (κ1) is 22.2. The Morgan fingerprint density at radius 1 is 1.27 bits per heavy atom. The van der Waals surface area contributed by atoms with Crippen LogP contribution in [-0.4, -0.2) is 49.3 Å². The fourth-order valence-corrected chi connectivity index (χ4v) is 4.06. The summed E-state index contributed by atoms with van der Waals surface area (Å²) in [5, 5.41) is 3.75. The van der Waals surface area contributed by atoms with Crippen molar-refractivity contribution in [3.63, 3.8) is 0 Å². The summed E-state index contributed by atoms with van der Waals surface area (Å²) in [4.78, 5) is 29.3. The lowest BCUT2D eigenvalue weighted by molar-refractivity contribution is -0.128. The minimum Gasteiger partial charge on any atom is -0.349 e. The zero-order valence-electron chi connectivity index (χ0n) is 17.4. The molecule has 1 saturated heterocycles. The second-order valence-electron chi connectivity index (χ2n) is 8.02. The summed E-state index contributed by atoms with van der Waals surface area (Å²) in [5.41, 5.74) is 1.58. The number of amides is 2. The van der Waals surface area contributed by atoms with Crippen molar-refractivity contribution in [1.82, 2.24) is 15.1 Å². The normalized spacial score (nSPS) is 19.9. The molecule has 1 N–H and O–H groups in total. The van der Waals surface area contributed by atoms with E-state index in [-0.39, 0.29) is 30.1 Å². The fraction of sp³-hybridized carbons (Fsp3) is 0.391. The molecule has 2 aromatic rings. The van der Waals surface area contributed by atoms with Gasteiger partial charge in [-0.25, -0.2) is 4.39 Å². The van der Waals surface area contributed by atoms with E-state index in [4.69, 9.17) is 11.6 Å². The van der Waals surface area contributed by atoms with Crippen LogP contribution in [0.3, 0.4) is 0 Å². The summed E-state index contributed by atoms with van der Waals surface area (Å²) >= 11 is 6.02. The van der Waals surface area contributed by atoms with Crippen LogP contribution in [0.25, 0.3) is 0 Å². The third kappa shape index (κ3) is 5.18. The molecule has 3 rings (SSSR count). The summed E-state index contributed by atoms with van der Waals surface area (Å²) in [6, 6.07) is 12.8. The minimum absolute atomic E-state index is 0.102. The Bertz CT molecular complexity index is 904. The van der Waals surface area contributed by atoms with E-state index in [1.807, 2.05) is 26.2 Å². The Kier molecular flexibility index (Phi) is 7.10. The van der Waals surface area contributed by atoms with Crippen molar-refractivity contribution in [3.8, 4) is 0 Å². The van der Waals surface area contributed by atoms with Gasteiger partial charge in [-0.1, -0.05) is 35.9 Å². The largest absolute Gasteiger partial charge is 0.349 e. The average molecular weight is 432 g/mol. The van der Waals surface area contributed by atoms with Crippen LogP contribution in [0.2, 0.25) is 5.02 Å². The number of likely N-dealkylation sites (tertiary alicyclic amines) is 1. The Morgan fingerprint density at radius 2 is 1.97 bits per heavy atom. The van der Waals surface area contributed by atoms with E-state index in [1.54, 1.807) is 31.3 Å². The van der Waals surface area contributed by atoms with Gasteiger partial charge in [0.1, 0.15) is 5.82 Å². The zero-order valence-corrected chi connectivity index (χ0v) is 18.2. The maximum atomic E-state index is 13.8. The van der Waals surface area contributed by atoms with Gasteiger partial charge in [-0.15, -0.1) is 0 Å². The highest BCUT2D eigenvalue weighted by molar-refractivity contribution is 6.30. The van der Waals surface area contributed by atoms with E-state index in [2.05, 4.69) is 10.2 Å². The van der Waals surface area contributed by atoms with E-state index in [0.29, 0.717) is 17.0 Å². The summed E-state index contributed by atoms with van der Waals surface area (Å²) in [7, 11) is 5.62. The zero-order chi connectivity index (χ0) is 21.8. The number of hydrogen-bond acceptors (Lipinski definition) is 3. The molecular formula is C23H27ClFN3O2. The molecule has 2 amide bonds. The highest BCUT2D eigenvalue weighted by Gasteiger charge is 2.43. The Hall–Kier alpha value is -2.44. The number of nitrogens with zero attached hydrogens (tertiary/aromatic N) is 2. The second-order valence-corrected chi connectivity index (χ2v) is 8.46. The molecule has 5 nitrogen and oxygen atoms in total. The van der Waals surface area contributed by atoms with Crippen LogP contribution < -0.4 is 5.32 Å². The van der Waals surface area contributed by atoms with Crippen LogP contribution in [0.4, 0.5) is 4.39 Å². The maximum Gasteiger partial charge on any atom is 0.226 e. The van der Waals surface area contributed by atoms with Gasteiger partial charge in [0.25, 0.3) is 0 Å². The summed E-state index contributed by atoms with van der Waals surface area (Å²) < 4.78 is 13.8. The Labute approximate surface area is 181 Å². The quantitative estimate of drug-likeness (QED) is 0.725. The monoisotopic (exact) mass is 431 g/mol. The van der Waals surface area contributed by atoms with E-state index in [0.717, 1.165) is 12.1 Å². The molecular weight excluding hydrogens is 405 g/mol. The van der Waals surface area contributed by atoms with Gasteiger partial charge in [-0.3, -0.25) is 9.59 Å². The van der Waals surface area contributed by atoms with Crippen molar-refractivity contribution < 1.29 is 14.0 Å². The molecule has 0 radical (unpaired) electrons. The van der Waals surface area contributed by atoms with Crippen LogP contribution in [0.1, 0.15) is 36.1 Å². The maximum absolute atomic E-state index is 13.8. The topological polar surface area (TPSA) is 52.7 Å². The fourth-order valence-electron chi connectivity index (χ4n) is 3.93. The number of benzene rings is 2. The van der Waals surface area contributed by atoms with Crippen LogP contribution >= 0.6 is 11.6 Å². The number of hydrogen-bond donors (Lipinski definition) is 1. The molecule has 0 aromatic heterocycles. The molecule has 2 aromatic carbocycles. The van der Waals surface area contributed by atoms with E-state index in [9.17, 15) is 14.0 Å². The van der Waals surface area contributed by atoms with Crippen LogP contribution in [-0.2, 0) is 9.59 Å². The number of carbonyl (C=O) groups excluding carboxylic acids is 2. The van der Waals surface area contributed by atoms with Crippen LogP contribution in [0.15, 0.2) is 48.5 Å². The van der Waals surface area contributed by atoms with Crippen molar-refractivity contribution in [2.24, 2.45) is 5.92 Å². The van der Waals surface area contributed by atoms with Gasteiger partial charge in [0, 0.05) is 18.5 Å². The molecule has 1 aliphatic rings. The third-order valence-corrected chi connectivity index (χ3v) is 5.82. The van der Waals surface area contributed by atoms with Crippen LogP contribution in [0.5, 0.6) is 0 Å². The highest BCUT2D eigenvalue weighted by Crippen LogP contribution is 2.38. The lowest BCUT2D eigenvalue weighted by Gasteiger charge is -2.27. The molecule has 0 bridgehead atoms. The van der Waals surface area contributed by atoms with Crippen molar-refractivity contribution in [3.05, 3.63) is 70.5 Å². The number of carbonyl (C=O) groups is 2. The highest BCUT2D eigenvalue weighted by atomic mass is 35.5. The van der Waals surface area contributed by atoms with E-state index >= 15 is 0 Å². The van der Waals surface area contributed by atoms with Gasteiger partial charge >= 0.3 is 0 Å². The third-order valence-electron chi connectivity index (χ3n) is 5.57. The lowest BCUT2D eigenvalue weighted by Crippen LogP contribution is -2.37. The first-order valence-electron chi connectivity index (χ1n) is 9.98. The lowest BCUT2D eigenvalue weighted by atomic mass is 9.92. The van der Waals surface area contributed by atoms with E-state index < -0.39 is 12.0 Å². The first-order chi connectivity index (χ1) is 14.3.